The first-order chi connectivity index (χ1) is 6.83. The summed E-state index contributed by atoms with van der Waals surface area (Å²) in [6.45, 7) is 1.02. The topological polar surface area (TPSA) is 20.3 Å². The Morgan fingerprint density at radius 1 is 1.36 bits per heavy atom. The van der Waals surface area contributed by atoms with Gasteiger partial charge < -0.3 is 4.79 Å². The smallest absolute Gasteiger partial charge is 0.137 e. The summed E-state index contributed by atoms with van der Waals surface area (Å²) in [7, 11) is 2.02. The van der Waals surface area contributed by atoms with Gasteiger partial charge in [0, 0.05) is 5.92 Å². The molecule has 0 radical (unpaired) electrons. The molecule has 0 spiro atoms. The van der Waals surface area contributed by atoms with Crippen molar-refractivity contribution < 1.29 is 4.79 Å². The van der Waals surface area contributed by atoms with E-state index in [4.69, 9.17) is 0 Å². The molecular weight excluding hydrogens is 174 g/mol. The van der Waals surface area contributed by atoms with E-state index >= 15 is 0 Å². The van der Waals surface area contributed by atoms with Crippen LogP contribution in [0.1, 0.15) is 17.9 Å². The van der Waals surface area contributed by atoms with Gasteiger partial charge in [0.2, 0.25) is 0 Å². The number of benzene rings is 1. The van der Waals surface area contributed by atoms with Crippen LogP contribution in [0.15, 0.2) is 30.3 Å². The first-order valence-corrected chi connectivity index (χ1v) is 5.03. The maximum absolute atomic E-state index is 11.0. The molecule has 1 aromatic carbocycles. The molecule has 2 atom stereocenters. The normalized spacial score (nSPS) is 27.8. The summed E-state index contributed by atoms with van der Waals surface area (Å²) in [5.41, 5.74) is 1.29. The molecule has 2 rings (SSSR count). The number of rotatable bonds is 2. The number of aldehydes is 1. The van der Waals surface area contributed by atoms with Crippen molar-refractivity contribution in [3.05, 3.63) is 35.9 Å². The number of likely N-dealkylation sites (N-methyl/N-ethyl adjacent to an activating group) is 1. The molecule has 1 fully saturated rings. The van der Waals surface area contributed by atoms with Gasteiger partial charge in [0.15, 0.2) is 0 Å². The summed E-state index contributed by atoms with van der Waals surface area (Å²) in [5.74, 6) is 0.388. The second kappa shape index (κ2) is 3.93. The fourth-order valence-corrected chi connectivity index (χ4v) is 2.23. The third-order valence-electron chi connectivity index (χ3n) is 3.08. The van der Waals surface area contributed by atoms with E-state index in [9.17, 15) is 4.79 Å². The van der Waals surface area contributed by atoms with Crippen LogP contribution in [-0.2, 0) is 4.79 Å². The summed E-state index contributed by atoms with van der Waals surface area (Å²) in [5, 5.41) is 0. The molecule has 1 saturated heterocycles. The van der Waals surface area contributed by atoms with Crippen molar-refractivity contribution in [2.45, 2.75) is 18.4 Å². The quantitative estimate of drug-likeness (QED) is 0.660. The molecule has 0 bridgehead atoms. The summed E-state index contributed by atoms with van der Waals surface area (Å²) in [6, 6.07) is 10.4. The predicted molar refractivity (Wildman–Crippen MR) is 56.3 cm³/mol. The third-order valence-corrected chi connectivity index (χ3v) is 3.08. The van der Waals surface area contributed by atoms with Crippen molar-refractivity contribution in [2.24, 2.45) is 0 Å². The SMILES string of the molecule is CN1CC[C@H](c2ccccc2)C1C=O. The molecule has 1 aliphatic heterocycles. The van der Waals surface area contributed by atoms with Crippen molar-refractivity contribution in [2.75, 3.05) is 13.6 Å². The molecule has 1 unspecified atom stereocenters. The van der Waals surface area contributed by atoms with Gasteiger partial charge in [-0.15, -0.1) is 0 Å². The zero-order chi connectivity index (χ0) is 9.97. The van der Waals surface area contributed by atoms with E-state index in [0.717, 1.165) is 19.3 Å². The van der Waals surface area contributed by atoms with Gasteiger partial charge >= 0.3 is 0 Å². The molecule has 0 amide bonds. The van der Waals surface area contributed by atoms with E-state index in [1.54, 1.807) is 0 Å². The second-order valence-electron chi connectivity index (χ2n) is 3.91. The van der Waals surface area contributed by atoms with Crippen LogP contribution in [0.4, 0.5) is 0 Å². The Bertz CT molecular complexity index is 309. The highest BCUT2D eigenvalue weighted by atomic mass is 16.1. The van der Waals surface area contributed by atoms with Crippen LogP contribution in [0.2, 0.25) is 0 Å². The van der Waals surface area contributed by atoms with Gasteiger partial charge in [0.1, 0.15) is 6.29 Å². The number of nitrogens with zero attached hydrogens (tertiary/aromatic N) is 1. The molecule has 0 aromatic heterocycles. The van der Waals surface area contributed by atoms with Crippen LogP contribution in [0.25, 0.3) is 0 Å². The van der Waals surface area contributed by atoms with Gasteiger partial charge in [-0.05, 0) is 25.6 Å². The minimum Gasteiger partial charge on any atom is -0.302 e. The standard InChI is InChI=1S/C12H15NO/c1-13-8-7-11(12(13)9-14)10-5-3-2-4-6-10/h2-6,9,11-12H,7-8H2,1H3/t11-,12?/m1/s1. The first-order valence-electron chi connectivity index (χ1n) is 5.03. The molecule has 1 aliphatic rings. The van der Waals surface area contributed by atoms with Gasteiger partial charge in [-0.2, -0.15) is 0 Å². The minimum atomic E-state index is 0.0670. The Morgan fingerprint density at radius 3 is 2.71 bits per heavy atom. The lowest BCUT2D eigenvalue weighted by Crippen LogP contribution is -2.29. The molecule has 74 valence electrons. The van der Waals surface area contributed by atoms with E-state index < -0.39 is 0 Å². The van der Waals surface area contributed by atoms with Gasteiger partial charge in [0.05, 0.1) is 6.04 Å². The van der Waals surface area contributed by atoms with Crippen LogP contribution in [-0.4, -0.2) is 30.8 Å². The number of hydrogen-bond donors (Lipinski definition) is 0. The average Bonchev–Trinajstić information content (AvgIpc) is 2.61. The van der Waals surface area contributed by atoms with Crippen molar-refractivity contribution in [3.8, 4) is 0 Å². The Labute approximate surface area is 84.5 Å². The average molecular weight is 189 g/mol. The summed E-state index contributed by atoms with van der Waals surface area (Å²) in [4.78, 5) is 13.1. The van der Waals surface area contributed by atoms with E-state index in [-0.39, 0.29) is 6.04 Å². The minimum absolute atomic E-state index is 0.0670. The van der Waals surface area contributed by atoms with Crippen molar-refractivity contribution in [3.63, 3.8) is 0 Å². The zero-order valence-electron chi connectivity index (χ0n) is 8.39. The molecular formula is C12H15NO. The predicted octanol–water partition coefficient (Wildman–Crippen LogP) is 1.67. The third kappa shape index (κ3) is 1.58. The monoisotopic (exact) mass is 189 g/mol. The zero-order valence-corrected chi connectivity index (χ0v) is 8.39. The number of hydrogen-bond acceptors (Lipinski definition) is 2. The lowest BCUT2D eigenvalue weighted by molar-refractivity contribution is -0.111. The van der Waals surface area contributed by atoms with Crippen molar-refractivity contribution >= 4 is 6.29 Å². The maximum Gasteiger partial charge on any atom is 0.137 e. The van der Waals surface area contributed by atoms with E-state index in [1.165, 1.54) is 5.56 Å². The summed E-state index contributed by atoms with van der Waals surface area (Å²) >= 11 is 0. The molecule has 0 saturated carbocycles. The van der Waals surface area contributed by atoms with Crippen molar-refractivity contribution in [1.82, 2.24) is 4.90 Å². The molecule has 0 aliphatic carbocycles. The van der Waals surface area contributed by atoms with Gasteiger partial charge in [-0.25, -0.2) is 0 Å². The lowest BCUT2D eigenvalue weighted by atomic mass is 9.93. The fraction of sp³-hybridized carbons (Fsp3) is 0.417. The molecule has 1 heterocycles. The second-order valence-corrected chi connectivity index (χ2v) is 3.91. The van der Waals surface area contributed by atoms with E-state index in [0.29, 0.717) is 5.92 Å². The Balaban J connectivity index is 2.23. The largest absolute Gasteiger partial charge is 0.302 e. The van der Waals surface area contributed by atoms with Gasteiger partial charge in [0.25, 0.3) is 0 Å². The Kier molecular flexibility index (Phi) is 2.64. The molecule has 2 nitrogen and oxygen atoms in total. The fourth-order valence-electron chi connectivity index (χ4n) is 2.23. The van der Waals surface area contributed by atoms with E-state index in [1.807, 2.05) is 25.2 Å². The van der Waals surface area contributed by atoms with Crippen LogP contribution >= 0.6 is 0 Å². The highest BCUT2D eigenvalue weighted by Gasteiger charge is 2.32. The van der Waals surface area contributed by atoms with Crippen molar-refractivity contribution in [1.29, 1.82) is 0 Å². The number of likely N-dealkylation sites (tertiary alicyclic amines) is 1. The number of carbonyl (C=O) groups is 1. The van der Waals surface area contributed by atoms with Gasteiger partial charge in [-0.3, -0.25) is 4.90 Å². The molecule has 1 aromatic rings. The van der Waals surface area contributed by atoms with Crippen LogP contribution in [0, 0.1) is 0 Å². The molecule has 14 heavy (non-hydrogen) atoms. The maximum atomic E-state index is 11.0. The lowest BCUT2D eigenvalue weighted by Gasteiger charge is -2.19. The first kappa shape index (κ1) is 9.41. The Hall–Kier alpha value is -1.15. The summed E-state index contributed by atoms with van der Waals surface area (Å²) in [6.07, 6.45) is 2.16. The van der Waals surface area contributed by atoms with Crippen LogP contribution < -0.4 is 0 Å². The van der Waals surface area contributed by atoms with Gasteiger partial charge in [-0.1, -0.05) is 30.3 Å². The summed E-state index contributed by atoms with van der Waals surface area (Å²) < 4.78 is 0. The Morgan fingerprint density at radius 2 is 2.07 bits per heavy atom. The highest BCUT2D eigenvalue weighted by Crippen LogP contribution is 2.30. The van der Waals surface area contributed by atoms with Crippen LogP contribution in [0.5, 0.6) is 0 Å². The molecule has 2 heteroatoms. The van der Waals surface area contributed by atoms with E-state index in [2.05, 4.69) is 17.0 Å². The molecule has 0 N–H and O–H groups in total. The van der Waals surface area contributed by atoms with Crippen LogP contribution in [0.3, 0.4) is 0 Å². The number of carbonyl (C=O) groups excluding carboxylic acids is 1. The highest BCUT2D eigenvalue weighted by molar-refractivity contribution is 5.61.